The molecule has 17 heavy (non-hydrogen) atoms. The predicted octanol–water partition coefficient (Wildman–Crippen LogP) is -0.159. The van der Waals surface area contributed by atoms with Gasteiger partial charge in [-0.1, -0.05) is 6.07 Å². The number of β-amino-alcohol motifs (C(OH)–C–C–N with tert-alkyl or cyclic N) is 1. The molecule has 3 amide bonds. The highest BCUT2D eigenvalue weighted by atomic mass is 16.3. The minimum atomic E-state index is -1.15. The quantitative estimate of drug-likeness (QED) is 0.713. The van der Waals surface area contributed by atoms with Crippen LogP contribution >= 0.6 is 0 Å². The summed E-state index contributed by atoms with van der Waals surface area (Å²) in [5.74, 6) is -0.393. The van der Waals surface area contributed by atoms with Gasteiger partial charge in [0.15, 0.2) is 5.54 Å². The molecule has 0 aromatic carbocycles. The van der Waals surface area contributed by atoms with Crippen LogP contribution in [0.2, 0.25) is 0 Å². The van der Waals surface area contributed by atoms with Crippen molar-refractivity contribution in [2.75, 3.05) is 13.2 Å². The van der Waals surface area contributed by atoms with Crippen molar-refractivity contribution in [2.45, 2.75) is 12.5 Å². The molecule has 0 aliphatic carbocycles. The standard InChI is InChI=1S/C11H13N3O3/c1-11(8-4-2-3-5-12-8)9(16)14(6-7-15)10(17)13-11/h2-5,15H,6-7H2,1H3,(H,13,17). The van der Waals surface area contributed by atoms with Gasteiger partial charge in [-0.3, -0.25) is 14.7 Å². The lowest BCUT2D eigenvalue weighted by Crippen LogP contribution is -2.41. The Kier molecular flexibility index (Phi) is 2.81. The zero-order valence-electron chi connectivity index (χ0n) is 9.38. The molecule has 6 heteroatoms. The highest BCUT2D eigenvalue weighted by molar-refractivity contribution is 6.06. The highest BCUT2D eigenvalue weighted by Crippen LogP contribution is 2.26. The Hall–Kier alpha value is -1.95. The first-order valence-electron chi connectivity index (χ1n) is 5.26. The second-order valence-corrected chi connectivity index (χ2v) is 3.95. The number of aliphatic hydroxyl groups is 1. The highest BCUT2D eigenvalue weighted by Gasteiger charge is 2.49. The van der Waals surface area contributed by atoms with Gasteiger partial charge in [-0.2, -0.15) is 0 Å². The van der Waals surface area contributed by atoms with Gasteiger partial charge in [-0.25, -0.2) is 4.79 Å². The summed E-state index contributed by atoms with van der Waals surface area (Å²) in [6, 6.07) is 4.67. The molecule has 1 aliphatic heterocycles. The number of nitrogens with zero attached hydrogens (tertiary/aromatic N) is 2. The Morgan fingerprint density at radius 1 is 1.47 bits per heavy atom. The Labute approximate surface area is 98.3 Å². The molecule has 0 spiro atoms. The van der Waals surface area contributed by atoms with E-state index in [4.69, 9.17) is 5.11 Å². The number of amides is 3. The fourth-order valence-corrected chi connectivity index (χ4v) is 1.83. The molecular formula is C11H13N3O3. The van der Waals surface area contributed by atoms with Crippen molar-refractivity contribution in [3.63, 3.8) is 0 Å². The van der Waals surface area contributed by atoms with Crippen molar-refractivity contribution in [3.8, 4) is 0 Å². The number of carbonyl (C=O) groups excluding carboxylic acids is 2. The fourth-order valence-electron chi connectivity index (χ4n) is 1.83. The van der Waals surface area contributed by atoms with Crippen molar-refractivity contribution in [1.29, 1.82) is 0 Å². The topological polar surface area (TPSA) is 82.5 Å². The molecule has 0 radical (unpaired) electrons. The molecule has 1 aromatic rings. The number of rotatable bonds is 3. The van der Waals surface area contributed by atoms with E-state index < -0.39 is 17.5 Å². The minimum Gasteiger partial charge on any atom is -0.395 e. The second-order valence-electron chi connectivity index (χ2n) is 3.95. The molecule has 1 aliphatic rings. The molecule has 2 heterocycles. The maximum atomic E-state index is 12.1. The molecular weight excluding hydrogens is 222 g/mol. The zero-order chi connectivity index (χ0) is 12.5. The summed E-state index contributed by atoms with van der Waals surface area (Å²) < 4.78 is 0. The predicted molar refractivity (Wildman–Crippen MR) is 58.9 cm³/mol. The molecule has 1 saturated heterocycles. The first kappa shape index (κ1) is 11.5. The monoisotopic (exact) mass is 235 g/mol. The van der Waals surface area contributed by atoms with Gasteiger partial charge in [0.25, 0.3) is 5.91 Å². The van der Waals surface area contributed by atoms with Crippen molar-refractivity contribution < 1.29 is 14.7 Å². The van der Waals surface area contributed by atoms with Crippen LogP contribution in [0.25, 0.3) is 0 Å². The summed E-state index contributed by atoms with van der Waals surface area (Å²) in [4.78, 5) is 28.8. The Bertz CT molecular complexity index is 449. The molecule has 2 rings (SSSR count). The van der Waals surface area contributed by atoms with Crippen LogP contribution in [-0.4, -0.2) is 40.1 Å². The Morgan fingerprint density at radius 2 is 2.24 bits per heavy atom. The van der Waals surface area contributed by atoms with Crippen LogP contribution in [0.4, 0.5) is 4.79 Å². The minimum absolute atomic E-state index is 0.00685. The van der Waals surface area contributed by atoms with Gasteiger partial charge in [0.05, 0.1) is 18.8 Å². The van der Waals surface area contributed by atoms with Gasteiger partial charge < -0.3 is 10.4 Å². The summed E-state index contributed by atoms with van der Waals surface area (Å²) in [7, 11) is 0. The number of hydrogen-bond acceptors (Lipinski definition) is 4. The van der Waals surface area contributed by atoms with E-state index in [1.165, 1.54) is 0 Å². The van der Waals surface area contributed by atoms with Gasteiger partial charge in [-0.15, -0.1) is 0 Å². The molecule has 1 fully saturated rings. The number of urea groups is 1. The first-order valence-corrected chi connectivity index (χ1v) is 5.26. The third-order valence-electron chi connectivity index (χ3n) is 2.78. The number of pyridine rings is 1. The molecule has 6 nitrogen and oxygen atoms in total. The summed E-state index contributed by atoms with van der Waals surface area (Å²) >= 11 is 0. The second kappa shape index (κ2) is 4.14. The Balaban J connectivity index is 2.35. The van der Waals surface area contributed by atoms with E-state index >= 15 is 0 Å². The van der Waals surface area contributed by atoms with E-state index in [0.717, 1.165) is 4.90 Å². The summed E-state index contributed by atoms with van der Waals surface area (Å²) in [5, 5.41) is 11.4. The summed E-state index contributed by atoms with van der Waals surface area (Å²) in [6.07, 6.45) is 1.56. The molecule has 0 saturated carbocycles. The number of aliphatic hydroxyl groups excluding tert-OH is 1. The third-order valence-corrected chi connectivity index (χ3v) is 2.78. The van der Waals surface area contributed by atoms with Crippen LogP contribution in [0.3, 0.4) is 0 Å². The van der Waals surface area contributed by atoms with Gasteiger partial charge in [0.2, 0.25) is 0 Å². The first-order chi connectivity index (χ1) is 8.09. The van der Waals surface area contributed by atoms with Gasteiger partial charge >= 0.3 is 6.03 Å². The SMILES string of the molecule is CC1(c2ccccn2)NC(=O)N(CCO)C1=O. The van der Waals surface area contributed by atoms with Crippen LogP contribution in [0.1, 0.15) is 12.6 Å². The smallest absolute Gasteiger partial charge is 0.325 e. The number of imide groups is 1. The molecule has 0 bridgehead atoms. The lowest BCUT2D eigenvalue weighted by atomic mass is 9.97. The maximum Gasteiger partial charge on any atom is 0.325 e. The normalized spacial score (nSPS) is 24.0. The van der Waals surface area contributed by atoms with Gasteiger partial charge in [0.1, 0.15) is 0 Å². The molecule has 1 atom stereocenters. The Morgan fingerprint density at radius 3 is 2.82 bits per heavy atom. The van der Waals surface area contributed by atoms with Crippen molar-refractivity contribution >= 4 is 11.9 Å². The number of aromatic nitrogens is 1. The van der Waals surface area contributed by atoms with Gasteiger partial charge in [0, 0.05) is 6.20 Å². The largest absolute Gasteiger partial charge is 0.395 e. The lowest BCUT2D eigenvalue weighted by Gasteiger charge is -2.20. The van der Waals surface area contributed by atoms with Crippen molar-refractivity contribution in [1.82, 2.24) is 15.2 Å². The van der Waals surface area contributed by atoms with E-state index in [9.17, 15) is 9.59 Å². The molecule has 2 N–H and O–H groups in total. The molecule has 1 aromatic heterocycles. The van der Waals surface area contributed by atoms with E-state index in [2.05, 4.69) is 10.3 Å². The van der Waals surface area contributed by atoms with Crippen LogP contribution in [0.15, 0.2) is 24.4 Å². The van der Waals surface area contributed by atoms with E-state index in [1.807, 2.05) is 0 Å². The number of nitrogens with one attached hydrogen (secondary N) is 1. The van der Waals surface area contributed by atoms with E-state index in [-0.39, 0.29) is 13.2 Å². The van der Waals surface area contributed by atoms with Crippen molar-refractivity contribution in [2.24, 2.45) is 0 Å². The van der Waals surface area contributed by atoms with Crippen LogP contribution in [-0.2, 0) is 10.3 Å². The van der Waals surface area contributed by atoms with Gasteiger partial charge in [-0.05, 0) is 19.1 Å². The maximum absolute atomic E-state index is 12.1. The summed E-state index contributed by atoms with van der Waals surface area (Å²) in [6.45, 7) is 1.34. The van der Waals surface area contributed by atoms with Crippen LogP contribution in [0.5, 0.6) is 0 Å². The average molecular weight is 235 g/mol. The summed E-state index contributed by atoms with van der Waals surface area (Å²) in [5.41, 5.74) is -0.660. The molecule has 90 valence electrons. The lowest BCUT2D eigenvalue weighted by molar-refractivity contribution is -0.131. The van der Waals surface area contributed by atoms with E-state index in [1.54, 1.807) is 31.3 Å². The third kappa shape index (κ3) is 1.76. The molecule has 1 unspecified atom stereocenters. The number of carbonyl (C=O) groups is 2. The zero-order valence-corrected chi connectivity index (χ0v) is 9.38. The van der Waals surface area contributed by atoms with Crippen molar-refractivity contribution in [3.05, 3.63) is 30.1 Å². The van der Waals surface area contributed by atoms with E-state index in [0.29, 0.717) is 5.69 Å². The average Bonchev–Trinajstić information content (AvgIpc) is 2.56. The number of hydrogen-bond donors (Lipinski definition) is 2. The fraction of sp³-hybridized carbons (Fsp3) is 0.364. The van der Waals surface area contributed by atoms with Crippen LogP contribution < -0.4 is 5.32 Å². The van der Waals surface area contributed by atoms with Crippen LogP contribution in [0, 0.1) is 0 Å².